The van der Waals surface area contributed by atoms with Crippen LogP contribution in [0.25, 0.3) is 11.1 Å². The summed E-state index contributed by atoms with van der Waals surface area (Å²) in [7, 11) is 0. The molecule has 0 bridgehead atoms. The number of hydrogen-bond acceptors (Lipinski definition) is 3. The zero-order chi connectivity index (χ0) is 20.1. The van der Waals surface area contributed by atoms with E-state index >= 15 is 0 Å². The normalized spacial score (nSPS) is 19.1. The van der Waals surface area contributed by atoms with Crippen LogP contribution in [0.4, 0.5) is 5.69 Å². The number of anilines is 1. The molecule has 0 amide bonds. The highest BCUT2D eigenvalue weighted by Gasteiger charge is 2.38. The van der Waals surface area contributed by atoms with Gasteiger partial charge in [-0.25, -0.2) is 4.79 Å². The minimum absolute atomic E-state index is 0.0180. The van der Waals surface area contributed by atoms with E-state index in [0.717, 1.165) is 36.1 Å². The lowest BCUT2D eigenvalue weighted by Gasteiger charge is -2.29. The predicted octanol–water partition coefficient (Wildman–Crippen LogP) is 5.52. The highest BCUT2D eigenvalue weighted by Crippen LogP contribution is 2.51. The first-order valence-corrected chi connectivity index (χ1v) is 10.1. The summed E-state index contributed by atoms with van der Waals surface area (Å²) in [6.45, 7) is 2.16. The lowest BCUT2D eigenvalue weighted by atomic mass is 9.78. The molecule has 2 aliphatic rings. The van der Waals surface area contributed by atoms with E-state index in [1.54, 1.807) is 12.1 Å². The molecule has 0 saturated heterocycles. The number of carbonyl (C=O) groups is 1. The van der Waals surface area contributed by atoms with Gasteiger partial charge in [-0.15, -0.1) is 0 Å². The quantitative estimate of drug-likeness (QED) is 0.555. The molecule has 2 unspecified atom stereocenters. The zero-order valence-corrected chi connectivity index (χ0v) is 16.3. The molecule has 146 valence electrons. The first-order chi connectivity index (χ1) is 14.0. The van der Waals surface area contributed by atoms with E-state index in [4.69, 9.17) is 0 Å². The minimum Gasteiger partial charge on any atom is -0.507 e. The molecular weight excluding hydrogens is 362 g/mol. The third-order valence-electron chi connectivity index (χ3n) is 6.41. The second-order valence-electron chi connectivity index (χ2n) is 7.99. The summed E-state index contributed by atoms with van der Waals surface area (Å²) in [5.41, 5.74) is 8.15. The number of nitrogens with one attached hydrogen (secondary N) is 1. The van der Waals surface area contributed by atoms with Crippen molar-refractivity contribution in [1.29, 1.82) is 0 Å². The average Bonchev–Trinajstić information content (AvgIpc) is 3.11. The van der Waals surface area contributed by atoms with E-state index in [0.29, 0.717) is 5.92 Å². The van der Waals surface area contributed by atoms with Gasteiger partial charge < -0.3 is 15.5 Å². The molecule has 1 heterocycles. The van der Waals surface area contributed by atoms with E-state index in [1.807, 2.05) is 0 Å². The maximum atomic E-state index is 11.4. The van der Waals surface area contributed by atoms with Crippen LogP contribution in [-0.4, -0.2) is 16.2 Å². The number of aromatic hydroxyl groups is 1. The molecule has 3 aromatic carbocycles. The van der Waals surface area contributed by atoms with E-state index < -0.39 is 5.97 Å². The molecule has 4 heteroatoms. The molecule has 2 atom stereocenters. The smallest absolute Gasteiger partial charge is 0.339 e. The SMILES string of the molecule is CCc1ccc(-c2ccc3c(c2)NC2c4cc(O)c(C(=O)O)cc4CCC32)cc1. The van der Waals surface area contributed by atoms with Gasteiger partial charge in [-0.05, 0) is 70.8 Å². The Kier molecular flexibility index (Phi) is 4.09. The third kappa shape index (κ3) is 2.87. The highest BCUT2D eigenvalue weighted by molar-refractivity contribution is 5.91. The van der Waals surface area contributed by atoms with Gasteiger partial charge in [0.2, 0.25) is 0 Å². The standard InChI is InChI=1S/C25H23NO3/c1-2-14-3-5-15(6-4-14)16-7-9-18-19-10-8-17-11-21(25(28)29)23(27)13-20(17)24(19)26-22(18)12-16/h3-7,9,11-13,19,24,26-27H,2,8,10H2,1H3,(H,28,29). The second kappa shape index (κ2) is 6.66. The van der Waals surface area contributed by atoms with Crippen molar-refractivity contribution in [2.24, 2.45) is 0 Å². The number of aryl methyl sites for hydroxylation is 2. The third-order valence-corrected chi connectivity index (χ3v) is 6.41. The number of hydrogen-bond donors (Lipinski definition) is 3. The van der Waals surface area contributed by atoms with Crippen molar-refractivity contribution in [3.63, 3.8) is 0 Å². The van der Waals surface area contributed by atoms with Crippen molar-refractivity contribution in [1.82, 2.24) is 0 Å². The fourth-order valence-corrected chi connectivity index (χ4v) is 4.82. The van der Waals surface area contributed by atoms with E-state index in [9.17, 15) is 15.0 Å². The maximum absolute atomic E-state index is 11.4. The summed E-state index contributed by atoms with van der Waals surface area (Å²) in [4.78, 5) is 11.4. The molecular formula is C25H23NO3. The molecule has 0 aromatic heterocycles. The van der Waals surface area contributed by atoms with Crippen molar-refractivity contribution in [2.75, 3.05) is 5.32 Å². The van der Waals surface area contributed by atoms with Gasteiger partial charge in [-0.2, -0.15) is 0 Å². The Hall–Kier alpha value is -3.27. The van der Waals surface area contributed by atoms with Crippen molar-refractivity contribution < 1.29 is 15.0 Å². The molecule has 1 aliphatic heterocycles. The van der Waals surface area contributed by atoms with Crippen LogP contribution in [0.2, 0.25) is 0 Å². The average molecular weight is 385 g/mol. The topological polar surface area (TPSA) is 69.6 Å². The number of benzene rings is 3. The molecule has 0 spiro atoms. The molecule has 0 saturated carbocycles. The fraction of sp³-hybridized carbons (Fsp3) is 0.240. The van der Waals surface area contributed by atoms with Crippen LogP contribution in [0.1, 0.15) is 57.9 Å². The molecule has 1 aliphatic carbocycles. The van der Waals surface area contributed by atoms with Gasteiger partial charge in [0.1, 0.15) is 11.3 Å². The van der Waals surface area contributed by atoms with Crippen LogP contribution in [0.5, 0.6) is 5.75 Å². The molecule has 3 aromatic rings. The van der Waals surface area contributed by atoms with Gasteiger partial charge >= 0.3 is 5.97 Å². The first kappa shape index (κ1) is 17.8. The zero-order valence-electron chi connectivity index (χ0n) is 16.3. The largest absolute Gasteiger partial charge is 0.507 e. The first-order valence-electron chi connectivity index (χ1n) is 10.1. The van der Waals surface area contributed by atoms with Crippen LogP contribution >= 0.6 is 0 Å². The van der Waals surface area contributed by atoms with Crippen molar-refractivity contribution in [3.8, 4) is 16.9 Å². The molecule has 0 radical (unpaired) electrons. The highest BCUT2D eigenvalue weighted by atomic mass is 16.4. The number of carboxylic acid groups (broad SMARTS) is 1. The number of fused-ring (bicyclic) bond motifs is 5. The Morgan fingerprint density at radius 1 is 1.03 bits per heavy atom. The van der Waals surface area contributed by atoms with Gasteiger partial charge in [0.25, 0.3) is 0 Å². The number of phenols is 1. The van der Waals surface area contributed by atoms with E-state index in [1.165, 1.54) is 22.3 Å². The summed E-state index contributed by atoms with van der Waals surface area (Å²) in [6, 6.07) is 18.6. The van der Waals surface area contributed by atoms with E-state index in [-0.39, 0.29) is 17.4 Å². The Morgan fingerprint density at radius 3 is 2.52 bits per heavy atom. The maximum Gasteiger partial charge on any atom is 0.339 e. The predicted molar refractivity (Wildman–Crippen MR) is 114 cm³/mol. The summed E-state index contributed by atoms with van der Waals surface area (Å²) in [5.74, 6) is -0.913. The van der Waals surface area contributed by atoms with Gasteiger partial charge in [0, 0.05) is 11.6 Å². The lowest BCUT2D eigenvalue weighted by molar-refractivity contribution is 0.0693. The Bertz CT molecular complexity index is 1120. The molecule has 5 rings (SSSR count). The van der Waals surface area contributed by atoms with Crippen LogP contribution in [0.15, 0.2) is 54.6 Å². The second-order valence-corrected chi connectivity index (χ2v) is 7.99. The van der Waals surface area contributed by atoms with Crippen molar-refractivity contribution >= 4 is 11.7 Å². The van der Waals surface area contributed by atoms with Crippen molar-refractivity contribution in [2.45, 2.75) is 38.1 Å². The van der Waals surface area contributed by atoms with Gasteiger partial charge in [0.05, 0.1) is 6.04 Å². The molecule has 29 heavy (non-hydrogen) atoms. The van der Waals surface area contributed by atoms with Gasteiger partial charge in [-0.1, -0.05) is 43.3 Å². The monoisotopic (exact) mass is 385 g/mol. The Balaban J connectivity index is 1.50. The summed E-state index contributed by atoms with van der Waals surface area (Å²) < 4.78 is 0. The van der Waals surface area contributed by atoms with Crippen molar-refractivity contribution in [3.05, 3.63) is 82.4 Å². The summed E-state index contributed by atoms with van der Waals surface area (Å²) in [6.07, 6.45) is 2.82. The lowest BCUT2D eigenvalue weighted by Crippen LogP contribution is -2.20. The van der Waals surface area contributed by atoms with Crippen LogP contribution in [0, 0.1) is 0 Å². The number of rotatable bonds is 3. The van der Waals surface area contributed by atoms with Gasteiger partial charge in [0.15, 0.2) is 0 Å². The van der Waals surface area contributed by atoms with E-state index in [2.05, 4.69) is 54.7 Å². The Labute approximate surface area is 169 Å². The summed E-state index contributed by atoms with van der Waals surface area (Å²) >= 11 is 0. The number of aromatic carboxylic acids is 1. The van der Waals surface area contributed by atoms with Crippen LogP contribution < -0.4 is 5.32 Å². The minimum atomic E-state index is -1.09. The van der Waals surface area contributed by atoms with Gasteiger partial charge in [-0.3, -0.25) is 0 Å². The van der Waals surface area contributed by atoms with Crippen LogP contribution in [0.3, 0.4) is 0 Å². The molecule has 3 N–H and O–H groups in total. The van der Waals surface area contributed by atoms with Crippen LogP contribution in [-0.2, 0) is 12.8 Å². The summed E-state index contributed by atoms with van der Waals surface area (Å²) in [5, 5.41) is 23.1. The molecule has 0 fully saturated rings. The number of carboxylic acids is 1. The molecule has 4 nitrogen and oxygen atoms in total. The Morgan fingerprint density at radius 2 is 1.79 bits per heavy atom. The fourth-order valence-electron chi connectivity index (χ4n) is 4.82.